The Balaban J connectivity index is 4.39. The van der Waals surface area contributed by atoms with E-state index in [-0.39, 0.29) is 0 Å². The van der Waals surface area contributed by atoms with E-state index in [2.05, 4.69) is 6.58 Å². The SMILES string of the molecule is C=C/C(C=N)=C/C(C)=C\C. The molecule has 0 unspecified atom stereocenters. The molecule has 0 rings (SSSR count). The van der Waals surface area contributed by atoms with E-state index in [0.29, 0.717) is 0 Å². The van der Waals surface area contributed by atoms with Crippen molar-refractivity contribution in [2.75, 3.05) is 0 Å². The molecule has 0 atom stereocenters. The van der Waals surface area contributed by atoms with Crippen molar-refractivity contribution in [3.63, 3.8) is 0 Å². The summed E-state index contributed by atoms with van der Waals surface area (Å²) >= 11 is 0. The van der Waals surface area contributed by atoms with Crippen molar-refractivity contribution in [3.8, 4) is 0 Å². The van der Waals surface area contributed by atoms with Crippen molar-refractivity contribution in [1.82, 2.24) is 0 Å². The lowest BCUT2D eigenvalue weighted by Crippen LogP contribution is -1.77. The van der Waals surface area contributed by atoms with Gasteiger partial charge in [0.25, 0.3) is 0 Å². The zero-order valence-electron chi connectivity index (χ0n) is 6.52. The monoisotopic (exact) mass is 135 g/mol. The highest BCUT2D eigenvalue weighted by Crippen LogP contribution is 1.99. The van der Waals surface area contributed by atoms with Gasteiger partial charge in [0.2, 0.25) is 0 Å². The maximum atomic E-state index is 6.94. The molecule has 0 amide bonds. The summed E-state index contributed by atoms with van der Waals surface area (Å²) in [6.45, 7) is 7.53. The molecule has 0 aromatic heterocycles. The van der Waals surface area contributed by atoms with E-state index in [1.54, 1.807) is 6.08 Å². The second-order valence-corrected chi connectivity index (χ2v) is 2.03. The Hall–Kier alpha value is -1.11. The van der Waals surface area contributed by atoms with Gasteiger partial charge in [0.1, 0.15) is 0 Å². The maximum Gasteiger partial charge on any atom is 0.0250 e. The lowest BCUT2D eigenvalue weighted by atomic mass is 10.2. The van der Waals surface area contributed by atoms with Gasteiger partial charge in [0, 0.05) is 6.21 Å². The van der Waals surface area contributed by atoms with Crippen molar-refractivity contribution in [2.45, 2.75) is 13.8 Å². The van der Waals surface area contributed by atoms with Crippen LogP contribution >= 0.6 is 0 Å². The summed E-state index contributed by atoms with van der Waals surface area (Å²) in [5.74, 6) is 0. The average Bonchev–Trinajstić information content (AvgIpc) is 1.99. The predicted molar refractivity (Wildman–Crippen MR) is 46.5 cm³/mol. The van der Waals surface area contributed by atoms with Gasteiger partial charge >= 0.3 is 0 Å². The Morgan fingerprint density at radius 1 is 1.50 bits per heavy atom. The minimum atomic E-state index is 0.843. The highest BCUT2D eigenvalue weighted by Gasteiger charge is 1.83. The molecule has 1 N–H and O–H groups in total. The van der Waals surface area contributed by atoms with E-state index in [0.717, 1.165) is 11.1 Å². The van der Waals surface area contributed by atoms with Gasteiger partial charge in [-0.1, -0.05) is 30.4 Å². The summed E-state index contributed by atoms with van der Waals surface area (Å²) in [6.07, 6.45) is 6.87. The van der Waals surface area contributed by atoms with Crippen molar-refractivity contribution >= 4 is 6.21 Å². The second kappa shape index (κ2) is 4.74. The maximum absolute atomic E-state index is 6.94. The normalized spacial score (nSPS) is 13.0. The topological polar surface area (TPSA) is 23.9 Å². The number of rotatable bonds is 3. The molecule has 0 saturated carbocycles. The van der Waals surface area contributed by atoms with Gasteiger partial charge in [0.05, 0.1) is 0 Å². The van der Waals surface area contributed by atoms with Crippen molar-refractivity contribution in [2.24, 2.45) is 0 Å². The molecule has 0 saturated heterocycles. The summed E-state index contributed by atoms with van der Waals surface area (Å²) in [5, 5.41) is 6.94. The van der Waals surface area contributed by atoms with Gasteiger partial charge in [-0.25, -0.2) is 0 Å². The Bertz CT molecular complexity index is 175. The summed E-state index contributed by atoms with van der Waals surface area (Å²) in [4.78, 5) is 0. The summed E-state index contributed by atoms with van der Waals surface area (Å²) < 4.78 is 0. The minimum Gasteiger partial charge on any atom is -0.308 e. The molecule has 0 aromatic rings. The van der Waals surface area contributed by atoms with E-state index < -0.39 is 0 Å². The zero-order chi connectivity index (χ0) is 7.98. The Morgan fingerprint density at radius 2 is 2.10 bits per heavy atom. The third kappa shape index (κ3) is 3.02. The van der Waals surface area contributed by atoms with Gasteiger partial charge in [0.15, 0.2) is 0 Å². The van der Waals surface area contributed by atoms with Gasteiger partial charge in [-0.2, -0.15) is 0 Å². The van der Waals surface area contributed by atoms with Crippen LogP contribution in [0.2, 0.25) is 0 Å². The first-order valence-corrected chi connectivity index (χ1v) is 3.22. The van der Waals surface area contributed by atoms with Crippen LogP contribution in [0.15, 0.2) is 36.0 Å². The zero-order valence-corrected chi connectivity index (χ0v) is 6.52. The number of hydrogen-bond acceptors (Lipinski definition) is 1. The van der Waals surface area contributed by atoms with E-state index >= 15 is 0 Å². The lowest BCUT2D eigenvalue weighted by molar-refractivity contribution is 1.46. The molecular formula is C9H13N. The standard InChI is InChI=1S/C9H13N/c1-4-8(3)6-9(5-2)7-10/h4-7,10H,2H2,1,3H3/b8-4-,9-6-,10-7?. The molecule has 0 fully saturated rings. The molecule has 54 valence electrons. The predicted octanol–water partition coefficient (Wildman–Crippen LogP) is 2.71. The van der Waals surface area contributed by atoms with Crippen molar-refractivity contribution in [1.29, 1.82) is 5.41 Å². The van der Waals surface area contributed by atoms with Crippen LogP contribution in [0.1, 0.15) is 13.8 Å². The summed E-state index contributed by atoms with van der Waals surface area (Å²) in [7, 11) is 0. The van der Waals surface area contributed by atoms with Gasteiger partial charge in [-0.3, -0.25) is 0 Å². The van der Waals surface area contributed by atoms with E-state index in [1.165, 1.54) is 6.21 Å². The summed E-state index contributed by atoms with van der Waals surface area (Å²) in [6, 6.07) is 0. The Labute approximate surface area is 62.3 Å². The molecule has 0 aliphatic heterocycles. The first-order valence-electron chi connectivity index (χ1n) is 3.22. The average molecular weight is 135 g/mol. The van der Waals surface area contributed by atoms with Crippen LogP contribution in [0.25, 0.3) is 0 Å². The van der Waals surface area contributed by atoms with Crippen LogP contribution in [0.3, 0.4) is 0 Å². The van der Waals surface area contributed by atoms with Gasteiger partial charge in [-0.05, 0) is 19.4 Å². The van der Waals surface area contributed by atoms with E-state index in [9.17, 15) is 0 Å². The summed E-state index contributed by atoms with van der Waals surface area (Å²) in [5.41, 5.74) is 1.99. The molecule has 0 heterocycles. The molecule has 1 nitrogen and oxygen atoms in total. The van der Waals surface area contributed by atoms with Gasteiger partial charge in [-0.15, -0.1) is 0 Å². The number of hydrogen-bond donors (Lipinski definition) is 1. The molecule has 10 heavy (non-hydrogen) atoms. The van der Waals surface area contributed by atoms with Gasteiger partial charge < -0.3 is 5.41 Å². The number of allylic oxidation sites excluding steroid dienone is 5. The first-order chi connectivity index (χ1) is 4.74. The molecule has 0 aromatic carbocycles. The fourth-order valence-electron chi connectivity index (χ4n) is 0.506. The van der Waals surface area contributed by atoms with E-state index in [4.69, 9.17) is 5.41 Å². The lowest BCUT2D eigenvalue weighted by Gasteiger charge is -1.91. The van der Waals surface area contributed by atoms with Crippen molar-refractivity contribution in [3.05, 3.63) is 36.0 Å². The van der Waals surface area contributed by atoms with Crippen LogP contribution in [-0.2, 0) is 0 Å². The van der Waals surface area contributed by atoms with Crippen LogP contribution < -0.4 is 0 Å². The molecule has 0 aliphatic rings. The van der Waals surface area contributed by atoms with Crippen LogP contribution in [0.4, 0.5) is 0 Å². The molecule has 0 radical (unpaired) electrons. The molecule has 0 aliphatic carbocycles. The smallest absolute Gasteiger partial charge is 0.0250 e. The third-order valence-corrected chi connectivity index (χ3v) is 1.25. The minimum absolute atomic E-state index is 0.843. The van der Waals surface area contributed by atoms with Crippen molar-refractivity contribution < 1.29 is 0 Å². The fourth-order valence-corrected chi connectivity index (χ4v) is 0.506. The van der Waals surface area contributed by atoms with Crippen LogP contribution in [0, 0.1) is 5.41 Å². The Morgan fingerprint density at radius 3 is 2.40 bits per heavy atom. The van der Waals surface area contributed by atoms with Crippen LogP contribution in [-0.4, -0.2) is 6.21 Å². The third-order valence-electron chi connectivity index (χ3n) is 1.25. The van der Waals surface area contributed by atoms with Crippen LogP contribution in [0.5, 0.6) is 0 Å². The quantitative estimate of drug-likeness (QED) is 0.454. The highest BCUT2D eigenvalue weighted by atomic mass is 14.3. The molecule has 1 heteroatoms. The largest absolute Gasteiger partial charge is 0.308 e. The molecular weight excluding hydrogens is 122 g/mol. The molecule has 0 spiro atoms. The Kier molecular flexibility index (Phi) is 4.21. The first kappa shape index (κ1) is 8.89. The second-order valence-electron chi connectivity index (χ2n) is 2.03. The number of nitrogens with one attached hydrogen (secondary N) is 1. The molecule has 0 bridgehead atoms. The highest BCUT2D eigenvalue weighted by molar-refractivity contribution is 5.80. The van der Waals surface area contributed by atoms with E-state index in [1.807, 2.05) is 26.0 Å². The fraction of sp³-hybridized carbons (Fsp3) is 0.222.